The number of methoxy groups -OCH3 is 1. The van der Waals surface area contributed by atoms with E-state index in [-0.39, 0.29) is 18.0 Å². The molecule has 1 amide bonds. The Morgan fingerprint density at radius 3 is 2.52 bits per heavy atom. The Morgan fingerprint density at radius 2 is 1.89 bits per heavy atom. The van der Waals surface area contributed by atoms with Crippen molar-refractivity contribution >= 4 is 11.9 Å². The topological polar surface area (TPSA) is 55.8 Å². The van der Waals surface area contributed by atoms with E-state index in [2.05, 4.69) is 0 Å². The summed E-state index contributed by atoms with van der Waals surface area (Å²) < 4.78 is 10.4. The van der Waals surface area contributed by atoms with Crippen LogP contribution in [-0.4, -0.2) is 49.7 Å². The summed E-state index contributed by atoms with van der Waals surface area (Å²) in [6, 6.07) is 14.7. The van der Waals surface area contributed by atoms with Gasteiger partial charge in [-0.15, -0.1) is 0 Å². The highest BCUT2D eigenvalue weighted by Gasteiger charge is 2.22. The minimum absolute atomic E-state index is 0.0165. The van der Waals surface area contributed by atoms with Crippen molar-refractivity contribution in [1.29, 1.82) is 0 Å². The second kappa shape index (κ2) is 8.82. The Labute approximate surface area is 159 Å². The van der Waals surface area contributed by atoms with Gasteiger partial charge in [0.15, 0.2) is 0 Å². The Morgan fingerprint density at radius 1 is 1.11 bits per heavy atom. The van der Waals surface area contributed by atoms with E-state index in [0.29, 0.717) is 24.2 Å². The van der Waals surface area contributed by atoms with E-state index in [4.69, 9.17) is 9.47 Å². The van der Waals surface area contributed by atoms with Gasteiger partial charge in [0, 0.05) is 25.3 Å². The van der Waals surface area contributed by atoms with Gasteiger partial charge in [0.1, 0.15) is 0 Å². The van der Waals surface area contributed by atoms with Crippen molar-refractivity contribution in [2.24, 2.45) is 0 Å². The predicted octanol–water partition coefficient (Wildman–Crippen LogP) is 3.78. The largest absolute Gasteiger partial charge is 0.465 e. The molecule has 2 aromatic rings. The molecule has 5 nitrogen and oxygen atoms in total. The van der Waals surface area contributed by atoms with Crippen molar-refractivity contribution in [3.8, 4) is 11.1 Å². The van der Waals surface area contributed by atoms with E-state index in [9.17, 15) is 9.59 Å². The second-order valence-corrected chi connectivity index (χ2v) is 6.63. The number of esters is 1. The monoisotopic (exact) mass is 367 g/mol. The highest BCUT2D eigenvalue weighted by molar-refractivity contribution is 5.95. The molecule has 0 spiro atoms. The average Bonchev–Trinajstić information content (AvgIpc) is 3.24. The highest BCUT2D eigenvalue weighted by Crippen LogP contribution is 2.22. The van der Waals surface area contributed by atoms with E-state index >= 15 is 0 Å². The first-order valence-electron chi connectivity index (χ1n) is 9.32. The van der Waals surface area contributed by atoms with Crippen molar-refractivity contribution in [2.75, 3.05) is 26.8 Å². The molecular formula is C22H25NO4. The molecule has 1 aliphatic rings. The molecule has 1 atom stereocenters. The van der Waals surface area contributed by atoms with Gasteiger partial charge >= 0.3 is 5.97 Å². The molecular weight excluding hydrogens is 342 g/mol. The summed E-state index contributed by atoms with van der Waals surface area (Å²) in [7, 11) is 1.37. The van der Waals surface area contributed by atoms with Crippen molar-refractivity contribution in [1.82, 2.24) is 4.90 Å². The van der Waals surface area contributed by atoms with Gasteiger partial charge in [0.2, 0.25) is 0 Å². The fraction of sp³-hybridized carbons (Fsp3) is 0.364. The number of nitrogens with zero attached hydrogens (tertiary/aromatic N) is 1. The van der Waals surface area contributed by atoms with Gasteiger partial charge in [0.25, 0.3) is 5.91 Å². The van der Waals surface area contributed by atoms with Gasteiger partial charge in [-0.05, 0) is 55.2 Å². The summed E-state index contributed by atoms with van der Waals surface area (Å²) in [4.78, 5) is 26.3. The quantitative estimate of drug-likeness (QED) is 0.729. The molecule has 0 aromatic heterocycles. The van der Waals surface area contributed by atoms with Crippen LogP contribution >= 0.6 is 0 Å². The molecule has 0 unspecified atom stereocenters. The maximum absolute atomic E-state index is 12.8. The number of benzene rings is 2. The summed E-state index contributed by atoms with van der Waals surface area (Å²) in [5.74, 6) is -0.348. The molecule has 0 bridgehead atoms. The molecule has 27 heavy (non-hydrogen) atoms. The molecule has 1 heterocycles. The zero-order valence-electron chi connectivity index (χ0n) is 15.8. The van der Waals surface area contributed by atoms with Crippen LogP contribution in [0.4, 0.5) is 0 Å². The summed E-state index contributed by atoms with van der Waals surface area (Å²) in [6.45, 7) is 4.06. The van der Waals surface area contributed by atoms with Crippen molar-refractivity contribution in [3.63, 3.8) is 0 Å². The minimum atomic E-state index is -0.364. The first kappa shape index (κ1) is 19.1. The van der Waals surface area contributed by atoms with Crippen LogP contribution in [0.25, 0.3) is 11.1 Å². The van der Waals surface area contributed by atoms with Crippen LogP contribution in [0.2, 0.25) is 0 Å². The zero-order chi connectivity index (χ0) is 19.2. The van der Waals surface area contributed by atoms with E-state index in [1.165, 1.54) is 7.11 Å². The lowest BCUT2D eigenvalue weighted by atomic mass is 10.0. The fourth-order valence-corrected chi connectivity index (χ4v) is 3.32. The fourth-order valence-electron chi connectivity index (χ4n) is 3.32. The lowest BCUT2D eigenvalue weighted by Gasteiger charge is -2.24. The lowest BCUT2D eigenvalue weighted by Crippen LogP contribution is -2.37. The maximum atomic E-state index is 12.8. The number of ether oxygens (including phenoxy) is 2. The Balaban J connectivity index is 1.74. The third kappa shape index (κ3) is 4.55. The lowest BCUT2D eigenvalue weighted by molar-refractivity contribution is 0.0539. The standard InChI is InChI=1S/C22H25NO4/c1-3-23(15-20-8-5-13-27-20)21(24)17-11-9-16(10-12-17)18-6-4-7-19(14-18)22(25)26-2/h4,6-7,9-12,14,20H,3,5,8,13,15H2,1-2H3/t20-/m0/s1. The number of likely N-dealkylation sites (N-methyl/N-ethyl adjacent to an activating group) is 1. The molecule has 0 radical (unpaired) electrons. The zero-order valence-corrected chi connectivity index (χ0v) is 15.8. The number of amides is 1. The second-order valence-electron chi connectivity index (χ2n) is 6.63. The number of carbonyl (C=O) groups excluding carboxylic acids is 2. The molecule has 2 aromatic carbocycles. The number of hydrogen-bond acceptors (Lipinski definition) is 4. The Bertz CT molecular complexity index is 794. The van der Waals surface area contributed by atoms with Crippen molar-refractivity contribution < 1.29 is 19.1 Å². The van der Waals surface area contributed by atoms with E-state index in [1.807, 2.05) is 48.2 Å². The van der Waals surface area contributed by atoms with Gasteiger partial charge in [0.05, 0.1) is 18.8 Å². The maximum Gasteiger partial charge on any atom is 0.337 e. The van der Waals surface area contributed by atoms with E-state index in [1.54, 1.807) is 12.1 Å². The minimum Gasteiger partial charge on any atom is -0.465 e. The van der Waals surface area contributed by atoms with Crippen LogP contribution in [0.3, 0.4) is 0 Å². The average molecular weight is 367 g/mol. The smallest absolute Gasteiger partial charge is 0.337 e. The van der Waals surface area contributed by atoms with Gasteiger partial charge < -0.3 is 14.4 Å². The summed E-state index contributed by atoms with van der Waals surface area (Å²) in [5, 5.41) is 0. The normalized spacial score (nSPS) is 16.1. The van der Waals surface area contributed by atoms with Gasteiger partial charge in [-0.2, -0.15) is 0 Å². The van der Waals surface area contributed by atoms with Gasteiger partial charge in [-0.3, -0.25) is 4.79 Å². The molecule has 0 N–H and O–H groups in total. The summed E-state index contributed by atoms with van der Waals surface area (Å²) in [6.07, 6.45) is 2.23. The Hall–Kier alpha value is -2.66. The number of hydrogen-bond donors (Lipinski definition) is 0. The first-order valence-corrected chi connectivity index (χ1v) is 9.32. The van der Waals surface area contributed by atoms with Crippen LogP contribution in [-0.2, 0) is 9.47 Å². The molecule has 1 saturated heterocycles. The summed E-state index contributed by atoms with van der Waals surface area (Å²) >= 11 is 0. The van der Waals surface area contributed by atoms with Crippen LogP contribution in [0.5, 0.6) is 0 Å². The van der Waals surface area contributed by atoms with Gasteiger partial charge in [-0.25, -0.2) is 4.79 Å². The molecule has 1 fully saturated rings. The third-order valence-corrected chi connectivity index (χ3v) is 4.87. The predicted molar refractivity (Wildman–Crippen MR) is 104 cm³/mol. The first-order chi connectivity index (χ1) is 13.1. The molecule has 3 rings (SSSR count). The van der Waals surface area contributed by atoms with E-state index in [0.717, 1.165) is 30.6 Å². The van der Waals surface area contributed by atoms with Crippen LogP contribution < -0.4 is 0 Å². The van der Waals surface area contributed by atoms with Crippen LogP contribution in [0.15, 0.2) is 48.5 Å². The van der Waals surface area contributed by atoms with E-state index < -0.39 is 0 Å². The molecule has 1 aliphatic heterocycles. The highest BCUT2D eigenvalue weighted by atomic mass is 16.5. The van der Waals surface area contributed by atoms with Crippen LogP contribution in [0, 0.1) is 0 Å². The molecule has 0 aliphatic carbocycles. The molecule has 5 heteroatoms. The van der Waals surface area contributed by atoms with Crippen molar-refractivity contribution in [3.05, 3.63) is 59.7 Å². The van der Waals surface area contributed by atoms with Gasteiger partial charge in [-0.1, -0.05) is 24.3 Å². The Kier molecular flexibility index (Phi) is 6.24. The molecule has 142 valence electrons. The number of carbonyl (C=O) groups is 2. The van der Waals surface area contributed by atoms with Crippen LogP contribution in [0.1, 0.15) is 40.5 Å². The number of rotatable bonds is 6. The SMILES string of the molecule is CCN(C[C@@H]1CCCO1)C(=O)c1ccc(-c2cccc(C(=O)OC)c2)cc1. The molecule has 0 saturated carbocycles. The van der Waals surface area contributed by atoms with Crippen molar-refractivity contribution in [2.45, 2.75) is 25.9 Å². The summed E-state index contributed by atoms with van der Waals surface area (Å²) in [5.41, 5.74) is 3.01. The third-order valence-electron chi connectivity index (χ3n) is 4.87.